The number of para-hydroxylation sites is 1. The SMILES string of the molecule is Cc1cc(OC(=O)[C@@H]2CC(=O)N(c3c(C)cccc3C)C2)ccc1N1C(=O)[C@@H]2[C@H]3CC[C@@H](C3)[C@@H]2C1=O. The molecule has 7 heteroatoms. The van der Waals surface area contributed by atoms with E-state index in [1.807, 2.05) is 39.0 Å². The Kier molecular flexibility index (Phi) is 5.28. The highest BCUT2D eigenvalue weighted by Crippen LogP contribution is 2.56. The lowest BCUT2D eigenvalue weighted by Crippen LogP contribution is -2.33. The van der Waals surface area contributed by atoms with E-state index in [0.717, 1.165) is 36.1 Å². The first-order chi connectivity index (χ1) is 17.2. The second kappa shape index (κ2) is 8.29. The fourth-order valence-corrected chi connectivity index (χ4v) is 7.10. The molecule has 2 aliphatic heterocycles. The van der Waals surface area contributed by atoms with Crippen LogP contribution >= 0.6 is 0 Å². The zero-order valence-electron chi connectivity index (χ0n) is 20.8. The molecule has 0 radical (unpaired) electrons. The summed E-state index contributed by atoms with van der Waals surface area (Å²) in [7, 11) is 0. The fourth-order valence-electron chi connectivity index (χ4n) is 7.10. The number of hydrogen-bond acceptors (Lipinski definition) is 5. The third-order valence-corrected chi connectivity index (χ3v) is 8.72. The molecule has 2 aromatic carbocycles. The highest BCUT2D eigenvalue weighted by atomic mass is 16.5. The number of esters is 1. The molecule has 0 N–H and O–H groups in total. The predicted molar refractivity (Wildman–Crippen MR) is 133 cm³/mol. The van der Waals surface area contributed by atoms with Crippen LogP contribution in [0.5, 0.6) is 5.75 Å². The number of nitrogens with zero attached hydrogens (tertiary/aromatic N) is 2. The maximum Gasteiger partial charge on any atom is 0.316 e. The quantitative estimate of drug-likeness (QED) is 0.369. The summed E-state index contributed by atoms with van der Waals surface area (Å²) in [5.74, 6) is -0.608. The first kappa shape index (κ1) is 23.0. The molecule has 4 fully saturated rings. The monoisotopic (exact) mass is 486 g/mol. The van der Waals surface area contributed by atoms with Gasteiger partial charge < -0.3 is 9.64 Å². The Morgan fingerprint density at radius 3 is 2.14 bits per heavy atom. The maximum absolute atomic E-state index is 13.2. The smallest absolute Gasteiger partial charge is 0.316 e. The van der Waals surface area contributed by atoms with Gasteiger partial charge in [-0.05, 0) is 86.8 Å². The van der Waals surface area contributed by atoms with Gasteiger partial charge in [0.05, 0.1) is 23.4 Å². The number of hydrogen-bond donors (Lipinski definition) is 0. The number of ether oxygens (including phenoxy) is 1. The molecule has 2 saturated carbocycles. The summed E-state index contributed by atoms with van der Waals surface area (Å²) in [6.45, 7) is 6.01. The van der Waals surface area contributed by atoms with E-state index >= 15 is 0 Å². The minimum Gasteiger partial charge on any atom is -0.426 e. The van der Waals surface area contributed by atoms with Crippen LogP contribution in [-0.4, -0.2) is 30.2 Å². The van der Waals surface area contributed by atoms with Crippen LogP contribution in [-0.2, 0) is 19.2 Å². The van der Waals surface area contributed by atoms with Crippen LogP contribution in [0.4, 0.5) is 11.4 Å². The number of amides is 3. The van der Waals surface area contributed by atoms with Gasteiger partial charge in [0.1, 0.15) is 5.75 Å². The molecule has 2 aliphatic carbocycles. The van der Waals surface area contributed by atoms with Crippen LogP contribution in [0.3, 0.4) is 0 Å². The molecule has 5 atom stereocenters. The minimum atomic E-state index is -0.562. The maximum atomic E-state index is 13.2. The molecule has 3 amide bonds. The van der Waals surface area contributed by atoms with Gasteiger partial charge in [0, 0.05) is 18.7 Å². The van der Waals surface area contributed by atoms with E-state index in [1.54, 1.807) is 23.1 Å². The number of benzene rings is 2. The van der Waals surface area contributed by atoms with Crippen molar-refractivity contribution in [1.29, 1.82) is 0 Å². The Hall–Kier alpha value is -3.48. The molecule has 186 valence electrons. The molecule has 7 nitrogen and oxygen atoms in total. The van der Waals surface area contributed by atoms with Crippen molar-refractivity contribution in [3.63, 3.8) is 0 Å². The zero-order chi connectivity index (χ0) is 25.3. The predicted octanol–water partition coefficient (Wildman–Crippen LogP) is 4.11. The Bertz CT molecular complexity index is 1270. The van der Waals surface area contributed by atoms with Gasteiger partial charge in [-0.3, -0.25) is 19.2 Å². The summed E-state index contributed by atoms with van der Waals surface area (Å²) >= 11 is 0. The van der Waals surface area contributed by atoms with Gasteiger partial charge in [0.25, 0.3) is 0 Å². The lowest BCUT2D eigenvalue weighted by molar-refractivity contribution is -0.139. The first-order valence-electron chi connectivity index (χ1n) is 12.8. The number of carbonyl (C=O) groups is 4. The van der Waals surface area contributed by atoms with Gasteiger partial charge >= 0.3 is 5.97 Å². The number of rotatable bonds is 4. The van der Waals surface area contributed by atoms with Crippen LogP contribution in [0, 0.1) is 50.4 Å². The van der Waals surface area contributed by atoms with Gasteiger partial charge in [0.15, 0.2) is 0 Å². The van der Waals surface area contributed by atoms with Gasteiger partial charge in [-0.15, -0.1) is 0 Å². The Balaban J connectivity index is 1.17. The third kappa shape index (κ3) is 3.39. The fraction of sp³-hybridized carbons (Fsp3) is 0.448. The molecule has 36 heavy (non-hydrogen) atoms. The van der Waals surface area contributed by atoms with Crippen molar-refractivity contribution in [1.82, 2.24) is 0 Å². The zero-order valence-corrected chi connectivity index (χ0v) is 20.8. The molecule has 4 aliphatic rings. The summed E-state index contributed by atoms with van der Waals surface area (Å²) in [5, 5.41) is 0. The van der Waals surface area contributed by atoms with Crippen molar-refractivity contribution in [2.24, 2.45) is 29.6 Å². The Morgan fingerprint density at radius 2 is 1.53 bits per heavy atom. The normalized spacial score (nSPS) is 28.9. The summed E-state index contributed by atoms with van der Waals surface area (Å²) in [6.07, 6.45) is 3.18. The van der Waals surface area contributed by atoms with E-state index in [4.69, 9.17) is 4.74 Å². The second-order valence-corrected chi connectivity index (χ2v) is 10.9. The summed E-state index contributed by atoms with van der Waals surface area (Å²) < 4.78 is 5.66. The van der Waals surface area contributed by atoms with Crippen molar-refractivity contribution >= 4 is 35.1 Å². The largest absolute Gasteiger partial charge is 0.426 e. The molecule has 0 unspecified atom stereocenters. The van der Waals surface area contributed by atoms with Crippen molar-refractivity contribution in [2.75, 3.05) is 16.3 Å². The molecular formula is C29H30N2O5. The van der Waals surface area contributed by atoms with Crippen LogP contribution in [0.15, 0.2) is 36.4 Å². The Morgan fingerprint density at radius 1 is 0.889 bits per heavy atom. The number of aryl methyl sites for hydroxylation is 3. The van der Waals surface area contributed by atoms with Gasteiger partial charge in [0.2, 0.25) is 17.7 Å². The number of imide groups is 1. The van der Waals surface area contributed by atoms with Crippen LogP contribution in [0.25, 0.3) is 0 Å². The van der Waals surface area contributed by atoms with Gasteiger partial charge in [-0.1, -0.05) is 18.2 Å². The lowest BCUT2D eigenvalue weighted by atomic mass is 9.81. The lowest BCUT2D eigenvalue weighted by Gasteiger charge is -2.21. The van der Waals surface area contributed by atoms with E-state index in [-0.39, 0.29) is 42.5 Å². The topological polar surface area (TPSA) is 84.0 Å². The average Bonchev–Trinajstić information content (AvgIpc) is 3.59. The summed E-state index contributed by atoms with van der Waals surface area (Å²) in [5.41, 5.74) is 4.11. The standard InChI is InChI=1S/C29H30N2O5/c1-15-5-4-6-16(2)26(15)30-14-20(13-23(30)32)29(35)36-21-9-10-22(17(3)11-21)31-27(33)24-18-7-8-19(12-18)25(24)28(31)34/h4-6,9-11,18-20,24-25H,7-8,12-14H2,1-3H3/t18-,19-,20+,24-,25+/m0/s1. The molecule has 2 saturated heterocycles. The summed E-state index contributed by atoms with van der Waals surface area (Å²) in [4.78, 5) is 55.1. The summed E-state index contributed by atoms with van der Waals surface area (Å²) in [6, 6.07) is 10.9. The minimum absolute atomic E-state index is 0.0823. The number of fused-ring (bicyclic) bond motifs is 5. The molecule has 0 spiro atoms. The molecule has 2 aromatic rings. The van der Waals surface area contributed by atoms with E-state index in [1.165, 1.54) is 4.90 Å². The highest BCUT2D eigenvalue weighted by Gasteiger charge is 2.61. The number of carbonyl (C=O) groups excluding carboxylic acids is 4. The van der Waals surface area contributed by atoms with E-state index in [9.17, 15) is 19.2 Å². The second-order valence-electron chi connectivity index (χ2n) is 10.9. The van der Waals surface area contributed by atoms with Crippen molar-refractivity contribution < 1.29 is 23.9 Å². The van der Waals surface area contributed by atoms with Crippen LogP contribution < -0.4 is 14.5 Å². The highest BCUT2D eigenvalue weighted by molar-refractivity contribution is 6.23. The first-order valence-corrected chi connectivity index (χ1v) is 12.8. The van der Waals surface area contributed by atoms with Crippen molar-refractivity contribution in [2.45, 2.75) is 46.5 Å². The molecule has 2 bridgehead atoms. The average molecular weight is 487 g/mol. The molecule has 0 aromatic heterocycles. The number of anilines is 2. The van der Waals surface area contributed by atoms with Crippen LogP contribution in [0.2, 0.25) is 0 Å². The van der Waals surface area contributed by atoms with E-state index < -0.39 is 11.9 Å². The van der Waals surface area contributed by atoms with Gasteiger partial charge in [-0.2, -0.15) is 0 Å². The van der Waals surface area contributed by atoms with E-state index in [0.29, 0.717) is 28.8 Å². The van der Waals surface area contributed by atoms with Gasteiger partial charge in [-0.25, -0.2) is 4.90 Å². The third-order valence-electron chi connectivity index (χ3n) is 8.72. The molecular weight excluding hydrogens is 456 g/mol. The Labute approximate surface area is 210 Å². The van der Waals surface area contributed by atoms with Crippen LogP contribution in [0.1, 0.15) is 42.4 Å². The van der Waals surface area contributed by atoms with E-state index in [2.05, 4.69) is 0 Å². The van der Waals surface area contributed by atoms with Crippen molar-refractivity contribution in [3.05, 3.63) is 53.1 Å². The van der Waals surface area contributed by atoms with Crippen molar-refractivity contribution in [3.8, 4) is 5.75 Å². The molecule has 2 heterocycles. The molecule has 6 rings (SSSR count).